The third kappa shape index (κ3) is 2.62. The summed E-state index contributed by atoms with van der Waals surface area (Å²) < 4.78 is 7.03. The van der Waals surface area contributed by atoms with Gasteiger partial charge in [-0.15, -0.1) is 16.4 Å². The maximum atomic E-state index is 10.9. The first-order chi connectivity index (χ1) is 11.2. The van der Waals surface area contributed by atoms with Gasteiger partial charge in [0.1, 0.15) is 16.2 Å². The Labute approximate surface area is 134 Å². The van der Waals surface area contributed by atoms with E-state index in [-0.39, 0.29) is 0 Å². The SMILES string of the molecule is O=C(O)c1ccc(Cn2cc(-c3ccc4occc4c3)nn2)s1. The highest BCUT2D eigenvalue weighted by Gasteiger charge is 2.10. The molecule has 0 aliphatic carbocycles. The number of nitrogens with zero attached hydrogens (tertiary/aromatic N) is 3. The van der Waals surface area contributed by atoms with Crippen LogP contribution in [0.2, 0.25) is 0 Å². The van der Waals surface area contributed by atoms with Gasteiger partial charge in [-0.05, 0) is 36.4 Å². The Kier molecular flexibility index (Phi) is 3.20. The lowest BCUT2D eigenvalue weighted by Crippen LogP contribution is -1.98. The van der Waals surface area contributed by atoms with Crippen molar-refractivity contribution < 1.29 is 14.3 Å². The van der Waals surface area contributed by atoms with Crippen LogP contribution in [-0.2, 0) is 6.54 Å². The van der Waals surface area contributed by atoms with Gasteiger partial charge in [0.15, 0.2) is 0 Å². The summed E-state index contributed by atoms with van der Waals surface area (Å²) in [5.74, 6) is -0.908. The molecule has 0 aliphatic rings. The van der Waals surface area contributed by atoms with Gasteiger partial charge >= 0.3 is 5.97 Å². The molecule has 4 aromatic rings. The Morgan fingerprint density at radius 2 is 2.17 bits per heavy atom. The number of thiophene rings is 1. The van der Waals surface area contributed by atoms with Gasteiger partial charge in [-0.1, -0.05) is 5.21 Å². The third-order valence-electron chi connectivity index (χ3n) is 3.48. The Hall–Kier alpha value is -2.93. The summed E-state index contributed by atoms with van der Waals surface area (Å²) in [5.41, 5.74) is 2.56. The van der Waals surface area contributed by atoms with E-state index < -0.39 is 5.97 Å². The zero-order valence-corrected chi connectivity index (χ0v) is 12.7. The van der Waals surface area contributed by atoms with E-state index >= 15 is 0 Å². The minimum absolute atomic E-state index is 0.325. The van der Waals surface area contributed by atoms with Crippen LogP contribution < -0.4 is 0 Å². The molecule has 0 radical (unpaired) electrons. The van der Waals surface area contributed by atoms with Crippen LogP contribution in [0.4, 0.5) is 0 Å². The molecule has 0 amide bonds. The zero-order chi connectivity index (χ0) is 15.8. The van der Waals surface area contributed by atoms with Gasteiger partial charge in [-0.25, -0.2) is 9.48 Å². The first-order valence-electron chi connectivity index (χ1n) is 6.89. The highest BCUT2D eigenvalue weighted by Crippen LogP contribution is 2.24. The maximum Gasteiger partial charge on any atom is 0.345 e. The molecule has 0 saturated heterocycles. The second-order valence-electron chi connectivity index (χ2n) is 5.05. The normalized spacial score (nSPS) is 11.1. The molecule has 0 unspecified atom stereocenters. The molecule has 3 heterocycles. The van der Waals surface area contributed by atoms with Crippen LogP contribution in [0.1, 0.15) is 14.5 Å². The fraction of sp³-hybridized carbons (Fsp3) is 0.0625. The fourth-order valence-corrected chi connectivity index (χ4v) is 3.21. The second kappa shape index (κ2) is 5.36. The van der Waals surface area contributed by atoms with E-state index in [1.165, 1.54) is 11.3 Å². The molecule has 23 heavy (non-hydrogen) atoms. The van der Waals surface area contributed by atoms with Gasteiger partial charge in [0, 0.05) is 15.8 Å². The Bertz CT molecular complexity index is 999. The molecule has 0 aliphatic heterocycles. The smallest absolute Gasteiger partial charge is 0.345 e. The lowest BCUT2D eigenvalue weighted by atomic mass is 10.1. The number of hydrogen-bond acceptors (Lipinski definition) is 5. The van der Waals surface area contributed by atoms with Crippen LogP contribution in [0.5, 0.6) is 0 Å². The van der Waals surface area contributed by atoms with Crippen molar-refractivity contribution in [3.05, 3.63) is 58.6 Å². The third-order valence-corrected chi connectivity index (χ3v) is 4.54. The van der Waals surface area contributed by atoms with E-state index in [9.17, 15) is 4.79 Å². The van der Waals surface area contributed by atoms with Crippen molar-refractivity contribution in [3.8, 4) is 11.3 Å². The molecule has 1 aromatic carbocycles. The van der Waals surface area contributed by atoms with E-state index in [2.05, 4.69) is 10.3 Å². The van der Waals surface area contributed by atoms with Gasteiger partial charge in [0.2, 0.25) is 0 Å². The van der Waals surface area contributed by atoms with E-state index in [0.717, 1.165) is 27.1 Å². The summed E-state index contributed by atoms with van der Waals surface area (Å²) in [6.07, 6.45) is 3.50. The first-order valence-corrected chi connectivity index (χ1v) is 7.70. The average molecular weight is 325 g/mol. The van der Waals surface area contributed by atoms with Crippen molar-refractivity contribution >= 4 is 28.3 Å². The standard InChI is InChI=1S/C16H11N3O3S/c20-16(21)15-4-2-12(23-15)8-19-9-13(17-18-19)10-1-3-14-11(7-10)5-6-22-14/h1-7,9H,8H2,(H,20,21). The van der Waals surface area contributed by atoms with Crippen molar-refractivity contribution in [2.75, 3.05) is 0 Å². The first kappa shape index (κ1) is 13.7. The van der Waals surface area contributed by atoms with E-state index in [4.69, 9.17) is 9.52 Å². The number of carboxylic acids is 1. The maximum absolute atomic E-state index is 10.9. The number of furan rings is 1. The number of aromatic carboxylic acids is 1. The molecule has 6 nitrogen and oxygen atoms in total. The molecule has 0 saturated carbocycles. The van der Waals surface area contributed by atoms with Gasteiger partial charge in [0.05, 0.1) is 19.0 Å². The number of aromatic nitrogens is 3. The largest absolute Gasteiger partial charge is 0.477 e. The van der Waals surface area contributed by atoms with Gasteiger partial charge < -0.3 is 9.52 Å². The van der Waals surface area contributed by atoms with Crippen LogP contribution in [0.15, 0.2) is 53.3 Å². The van der Waals surface area contributed by atoms with Crippen LogP contribution in [0, 0.1) is 0 Å². The number of fused-ring (bicyclic) bond motifs is 1. The molecular weight excluding hydrogens is 314 g/mol. The molecular formula is C16H11N3O3S. The second-order valence-corrected chi connectivity index (χ2v) is 6.21. The lowest BCUT2D eigenvalue weighted by Gasteiger charge is -1.97. The molecule has 0 fully saturated rings. The molecule has 3 aromatic heterocycles. The fourth-order valence-electron chi connectivity index (χ4n) is 2.37. The summed E-state index contributed by atoms with van der Waals surface area (Å²) in [4.78, 5) is 12.2. The molecule has 1 N–H and O–H groups in total. The number of carboxylic acid groups (broad SMARTS) is 1. The predicted octanol–water partition coefficient (Wildman–Crippen LogP) is 3.50. The summed E-state index contributed by atoms with van der Waals surface area (Å²) in [7, 11) is 0. The van der Waals surface area contributed by atoms with Crippen molar-refractivity contribution in [2.45, 2.75) is 6.54 Å². The highest BCUT2D eigenvalue weighted by molar-refractivity contribution is 7.13. The van der Waals surface area contributed by atoms with Crippen LogP contribution in [-0.4, -0.2) is 26.1 Å². The van der Waals surface area contributed by atoms with Crippen molar-refractivity contribution in [1.29, 1.82) is 0 Å². The molecule has 0 spiro atoms. The minimum atomic E-state index is -0.908. The summed E-state index contributed by atoms with van der Waals surface area (Å²) in [6.45, 7) is 0.499. The van der Waals surface area contributed by atoms with Crippen molar-refractivity contribution in [1.82, 2.24) is 15.0 Å². The van der Waals surface area contributed by atoms with Crippen molar-refractivity contribution in [3.63, 3.8) is 0 Å². The quantitative estimate of drug-likeness (QED) is 0.621. The topological polar surface area (TPSA) is 81.1 Å². The number of benzene rings is 1. The average Bonchev–Trinajstić information content (AvgIpc) is 3.27. The highest BCUT2D eigenvalue weighted by atomic mass is 32.1. The van der Waals surface area contributed by atoms with E-state index in [1.54, 1.807) is 23.1 Å². The number of hydrogen-bond donors (Lipinski definition) is 1. The number of carbonyl (C=O) groups is 1. The Balaban J connectivity index is 1.59. The number of rotatable bonds is 4. The van der Waals surface area contributed by atoms with Crippen LogP contribution in [0.25, 0.3) is 22.2 Å². The molecule has 7 heteroatoms. The summed E-state index contributed by atoms with van der Waals surface area (Å²) in [6, 6.07) is 11.2. The van der Waals surface area contributed by atoms with E-state index in [0.29, 0.717) is 11.4 Å². The summed E-state index contributed by atoms with van der Waals surface area (Å²) in [5, 5.41) is 18.3. The van der Waals surface area contributed by atoms with Crippen LogP contribution in [0.3, 0.4) is 0 Å². The molecule has 4 rings (SSSR count). The molecule has 0 atom stereocenters. The van der Waals surface area contributed by atoms with Crippen LogP contribution >= 0.6 is 11.3 Å². The monoisotopic (exact) mass is 325 g/mol. The van der Waals surface area contributed by atoms with E-state index in [1.807, 2.05) is 30.5 Å². The van der Waals surface area contributed by atoms with Gasteiger partial charge in [-0.3, -0.25) is 0 Å². The predicted molar refractivity (Wildman–Crippen MR) is 85.6 cm³/mol. The zero-order valence-electron chi connectivity index (χ0n) is 11.8. The summed E-state index contributed by atoms with van der Waals surface area (Å²) >= 11 is 1.24. The Morgan fingerprint density at radius 1 is 1.26 bits per heavy atom. The lowest BCUT2D eigenvalue weighted by molar-refractivity contribution is 0.0702. The molecule has 0 bridgehead atoms. The van der Waals surface area contributed by atoms with Crippen molar-refractivity contribution in [2.24, 2.45) is 0 Å². The Morgan fingerprint density at radius 3 is 3.00 bits per heavy atom. The molecule has 114 valence electrons. The minimum Gasteiger partial charge on any atom is -0.477 e. The van der Waals surface area contributed by atoms with Gasteiger partial charge in [0.25, 0.3) is 0 Å². The van der Waals surface area contributed by atoms with Gasteiger partial charge in [-0.2, -0.15) is 0 Å².